The zero-order chi connectivity index (χ0) is 18.6. The number of esters is 1. The van der Waals surface area contributed by atoms with E-state index in [0.29, 0.717) is 10.8 Å². The number of hydrogen-bond donors (Lipinski definition) is 3. The summed E-state index contributed by atoms with van der Waals surface area (Å²) in [6, 6.07) is 5.26. The van der Waals surface area contributed by atoms with Gasteiger partial charge < -0.3 is 20.6 Å². The number of rotatable bonds is 5. The first-order valence-corrected chi connectivity index (χ1v) is 7.04. The van der Waals surface area contributed by atoms with Crippen molar-refractivity contribution >= 4 is 22.4 Å². The Morgan fingerprint density at radius 2 is 2.00 bits per heavy atom. The first-order valence-electron chi connectivity index (χ1n) is 7.04. The van der Waals surface area contributed by atoms with Gasteiger partial charge in [0.2, 0.25) is 0 Å². The number of pyridine rings is 1. The number of halogens is 3. The highest BCUT2D eigenvalue weighted by Crippen LogP contribution is 2.27. The summed E-state index contributed by atoms with van der Waals surface area (Å²) >= 11 is 0. The Balaban J connectivity index is 2.40. The van der Waals surface area contributed by atoms with Crippen LogP contribution in [0.15, 0.2) is 36.2 Å². The molecule has 5 N–H and O–H groups in total. The molecule has 134 valence electrons. The third kappa shape index (κ3) is 4.51. The molecule has 2 aromatic rings. The van der Waals surface area contributed by atoms with Crippen molar-refractivity contribution in [1.82, 2.24) is 10.4 Å². The van der Waals surface area contributed by atoms with Gasteiger partial charge in [0, 0.05) is 11.6 Å². The molecule has 0 spiro atoms. The van der Waals surface area contributed by atoms with Crippen molar-refractivity contribution in [1.29, 1.82) is 0 Å². The van der Waals surface area contributed by atoms with Gasteiger partial charge in [0.05, 0.1) is 18.0 Å². The van der Waals surface area contributed by atoms with E-state index < -0.39 is 12.3 Å². The zero-order valence-corrected chi connectivity index (χ0v) is 13.1. The zero-order valence-electron chi connectivity index (χ0n) is 13.1. The molecule has 0 saturated heterocycles. The first-order chi connectivity index (χ1) is 11.7. The van der Waals surface area contributed by atoms with Crippen LogP contribution in [0, 0.1) is 0 Å². The Bertz CT molecular complexity index is 821. The molecule has 7 nitrogen and oxygen atoms in total. The summed E-state index contributed by atoms with van der Waals surface area (Å²) in [5.74, 6) is 4.18. The third-order valence-electron chi connectivity index (χ3n) is 3.10. The third-order valence-corrected chi connectivity index (χ3v) is 3.10. The van der Waals surface area contributed by atoms with E-state index in [4.69, 9.17) is 16.3 Å². The van der Waals surface area contributed by atoms with E-state index >= 15 is 0 Å². The fourth-order valence-electron chi connectivity index (χ4n) is 2.04. The lowest BCUT2D eigenvalue weighted by atomic mass is 10.1. The van der Waals surface area contributed by atoms with Crippen LogP contribution in [-0.2, 0) is 9.53 Å². The molecule has 1 aromatic heterocycles. The lowest BCUT2D eigenvalue weighted by Gasteiger charge is -2.11. The van der Waals surface area contributed by atoms with Gasteiger partial charge in [-0.3, -0.25) is 10.8 Å². The lowest BCUT2D eigenvalue weighted by Crippen LogP contribution is -2.31. The van der Waals surface area contributed by atoms with Crippen LogP contribution in [0.1, 0.15) is 12.6 Å². The van der Waals surface area contributed by atoms with Crippen LogP contribution in [0.4, 0.5) is 13.2 Å². The molecule has 0 radical (unpaired) electrons. The summed E-state index contributed by atoms with van der Waals surface area (Å²) in [6.07, 6.45) is -3.48. The quantitative estimate of drug-likeness (QED) is 0.324. The van der Waals surface area contributed by atoms with Crippen molar-refractivity contribution < 1.29 is 27.4 Å². The highest BCUT2D eigenvalue weighted by molar-refractivity contribution is 5.96. The average molecular weight is 356 g/mol. The molecule has 0 bridgehead atoms. The van der Waals surface area contributed by atoms with Crippen molar-refractivity contribution in [3.05, 3.63) is 41.9 Å². The largest absolute Gasteiger partial charge is 0.573 e. The molecule has 1 aromatic carbocycles. The summed E-state index contributed by atoms with van der Waals surface area (Å²) in [6.45, 7) is 1.75. The average Bonchev–Trinajstić information content (AvgIpc) is 2.53. The lowest BCUT2D eigenvalue weighted by molar-refractivity contribution is -0.274. The van der Waals surface area contributed by atoms with Crippen LogP contribution in [0.5, 0.6) is 5.75 Å². The second-order valence-electron chi connectivity index (χ2n) is 4.78. The summed E-state index contributed by atoms with van der Waals surface area (Å²) < 4.78 is 45.4. The highest BCUT2D eigenvalue weighted by atomic mass is 19.4. The molecule has 1 heterocycles. The Morgan fingerprint density at radius 3 is 2.60 bits per heavy atom. The van der Waals surface area contributed by atoms with Crippen molar-refractivity contribution in [3.63, 3.8) is 0 Å². The van der Waals surface area contributed by atoms with Gasteiger partial charge in [-0.1, -0.05) is 6.07 Å². The van der Waals surface area contributed by atoms with Crippen LogP contribution < -0.4 is 21.7 Å². The second kappa shape index (κ2) is 7.26. The van der Waals surface area contributed by atoms with Crippen LogP contribution in [0.2, 0.25) is 0 Å². The van der Waals surface area contributed by atoms with Crippen LogP contribution >= 0.6 is 0 Å². The number of nitrogens with two attached hydrogens (primary N) is 2. The topological polar surface area (TPSA) is 112 Å². The van der Waals surface area contributed by atoms with Crippen molar-refractivity contribution in [2.75, 3.05) is 6.61 Å². The minimum atomic E-state index is -4.78. The van der Waals surface area contributed by atoms with Gasteiger partial charge in [-0.05, 0) is 30.5 Å². The molecule has 0 atom stereocenters. The minimum Gasteiger partial charge on any atom is -0.461 e. The smallest absolute Gasteiger partial charge is 0.461 e. The number of benzene rings is 1. The normalized spacial score (nSPS) is 12.5. The van der Waals surface area contributed by atoms with Gasteiger partial charge in [-0.25, -0.2) is 4.79 Å². The summed E-state index contributed by atoms with van der Waals surface area (Å²) in [7, 11) is 0. The maximum atomic E-state index is 12.3. The fourth-order valence-corrected chi connectivity index (χ4v) is 2.04. The van der Waals surface area contributed by atoms with Gasteiger partial charge in [0.25, 0.3) is 0 Å². The fraction of sp³-hybridized carbons (Fsp3) is 0.200. The van der Waals surface area contributed by atoms with Crippen molar-refractivity contribution in [2.45, 2.75) is 13.3 Å². The number of fused-ring (bicyclic) bond motifs is 1. The summed E-state index contributed by atoms with van der Waals surface area (Å²) in [5.41, 5.74) is 8.02. The monoisotopic (exact) mass is 356 g/mol. The van der Waals surface area contributed by atoms with Gasteiger partial charge in [-0.15, -0.1) is 13.2 Å². The Morgan fingerprint density at radius 1 is 1.28 bits per heavy atom. The van der Waals surface area contributed by atoms with E-state index in [0.717, 1.165) is 6.07 Å². The number of nitrogens with one attached hydrogen (secondary N) is 1. The second-order valence-corrected chi connectivity index (χ2v) is 4.78. The number of carbonyl (C=O) groups excluding carboxylic acids is 1. The molecule has 0 saturated carbocycles. The summed E-state index contributed by atoms with van der Waals surface area (Å²) in [5, 5.41) is 0.944. The molecular formula is C15H15F3N4O3. The molecule has 0 aliphatic heterocycles. The van der Waals surface area contributed by atoms with Gasteiger partial charge in [0.15, 0.2) is 5.70 Å². The maximum Gasteiger partial charge on any atom is 0.573 e. The first kappa shape index (κ1) is 18.3. The highest BCUT2D eigenvalue weighted by Gasteiger charge is 2.31. The molecule has 0 unspecified atom stereocenters. The summed E-state index contributed by atoms with van der Waals surface area (Å²) in [4.78, 5) is 15.8. The molecule has 0 aliphatic carbocycles. The standard InChI is InChI=1S/C15H15F3N4O3/c1-2-24-14(23)13(22-20)12(19)11-6-8-3-4-10(25-15(16,17)18)5-9(8)7-21-11/h3-7,22H,2,19-20H2,1H3/b13-12-. The Labute approximate surface area is 140 Å². The number of nitrogens with zero attached hydrogens (tertiary/aromatic N) is 1. The Hall–Kier alpha value is -3.01. The van der Waals surface area contributed by atoms with Gasteiger partial charge in [-0.2, -0.15) is 0 Å². The van der Waals surface area contributed by atoms with E-state index in [1.165, 1.54) is 24.4 Å². The van der Waals surface area contributed by atoms with E-state index in [9.17, 15) is 18.0 Å². The van der Waals surface area contributed by atoms with Crippen molar-refractivity contribution in [3.8, 4) is 5.75 Å². The number of aromatic nitrogens is 1. The predicted molar refractivity (Wildman–Crippen MR) is 83.5 cm³/mol. The van der Waals surface area contributed by atoms with E-state index in [2.05, 4.69) is 15.1 Å². The number of alkyl halides is 3. The van der Waals surface area contributed by atoms with Crippen LogP contribution in [0.3, 0.4) is 0 Å². The van der Waals surface area contributed by atoms with E-state index in [1.807, 2.05) is 0 Å². The molecule has 0 amide bonds. The molecule has 0 aliphatic rings. The number of ether oxygens (including phenoxy) is 2. The van der Waals surface area contributed by atoms with Crippen LogP contribution in [0.25, 0.3) is 16.5 Å². The maximum absolute atomic E-state index is 12.3. The SMILES string of the molecule is CCOC(=O)/C(NN)=C(/N)c1cc2ccc(OC(F)(F)F)cc2cn1. The van der Waals surface area contributed by atoms with Crippen LogP contribution in [-0.4, -0.2) is 23.9 Å². The molecule has 25 heavy (non-hydrogen) atoms. The van der Waals surface area contributed by atoms with Crippen molar-refractivity contribution in [2.24, 2.45) is 11.6 Å². The molecular weight excluding hydrogens is 341 g/mol. The molecule has 10 heteroatoms. The van der Waals surface area contributed by atoms with E-state index in [1.54, 1.807) is 6.92 Å². The van der Waals surface area contributed by atoms with Gasteiger partial charge in [0.1, 0.15) is 5.75 Å². The molecule has 0 fully saturated rings. The van der Waals surface area contributed by atoms with Gasteiger partial charge >= 0.3 is 12.3 Å². The minimum absolute atomic E-state index is 0.0570. The number of carbonyl (C=O) groups is 1. The molecule has 2 rings (SSSR count). The number of hydrogen-bond acceptors (Lipinski definition) is 7. The predicted octanol–water partition coefficient (Wildman–Crippen LogP) is 1.79. The Kier molecular flexibility index (Phi) is 5.32. The van der Waals surface area contributed by atoms with E-state index in [-0.39, 0.29) is 29.4 Å². The number of hydrazine groups is 1.